The van der Waals surface area contributed by atoms with Crippen LogP contribution in [0.25, 0.3) is 11.4 Å². The van der Waals surface area contributed by atoms with Gasteiger partial charge in [0.15, 0.2) is 5.82 Å². The molecule has 3 aromatic rings. The highest BCUT2D eigenvalue weighted by atomic mass is 16.3. The Kier molecular flexibility index (Phi) is 3.51. The number of aromatic nitrogens is 4. The summed E-state index contributed by atoms with van der Waals surface area (Å²) in [4.78, 5) is 0. The van der Waals surface area contributed by atoms with Gasteiger partial charge in [-0.25, -0.2) is 4.68 Å². The summed E-state index contributed by atoms with van der Waals surface area (Å²) in [6.45, 7) is 0.634. The van der Waals surface area contributed by atoms with Crippen molar-refractivity contribution in [3.05, 3.63) is 54.1 Å². The van der Waals surface area contributed by atoms with E-state index in [0.29, 0.717) is 6.54 Å². The summed E-state index contributed by atoms with van der Waals surface area (Å²) < 4.78 is 1.63. The van der Waals surface area contributed by atoms with Gasteiger partial charge in [-0.15, -0.1) is 5.10 Å². The van der Waals surface area contributed by atoms with Crippen LogP contribution in [0.2, 0.25) is 0 Å². The van der Waals surface area contributed by atoms with Gasteiger partial charge >= 0.3 is 0 Å². The summed E-state index contributed by atoms with van der Waals surface area (Å²) in [5.41, 5.74) is 2.93. The van der Waals surface area contributed by atoms with Crippen molar-refractivity contribution in [2.24, 2.45) is 7.05 Å². The van der Waals surface area contributed by atoms with Gasteiger partial charge in [0, 0.05) is 24.8 Å². The van der Waals surface area contributed by atoms with Crippen molar-refractivity contribution in [3.8, 4) is 17.1 Å². The first-order chi connectivity index (χ1) is 10.2. The maximum atomic E-state index is 9.46. The molecule has 0 atom stereocenters. The van der Waals surface area contributed by atoms with Crippen molar-refractivity contribution in [1.82, 2.24) is 20.2 Å². The molecule has 2 aromatic carbocycles. The molecule has 3 rings (SSSR count). The number of anilines is 1. The van der Waals surface area contributed by atoms with E-state index in [9.17, 15) is 5.11 Å². The van der Waals surface area contributed by atoms with Gasteiger partial charge in [-0.2, -0.15) is 0 Å². The average Bonchev–Trinajstić information content (AvgIpc) is 2.92. The summed E-state index contributed by atoms with van der Waals surface area (Å²) in [5, 5.41) is 24.3. The number of aryl methyl sites for hydroxylation is 1. The van der Waals surface area contributed by atoms with E-state index in [0.717, 1.165) is 22.6 Å². The molecule has 0 spiro atoms. The maximum absolute atomic E-state index is 9.46. The lowest BCUT2D eigenvalue weighted by Crippen LogP contribution is -2.00. The summed E-state index contributed by atoms with van der Waals surface area (Å²) in [6, 6.07) is 15.1. The molecule has 0 aliphatic carbocycles. The van der Waals surface area contributed by atoms with E-state index in [4.69, 9.17) is 0 Å². The van der Waals surface area contributed by atoms with Crippen LogP contribution in [0.4, 0.5) is 5.69 Å². The lowest BCUT2D eigenvalue weighted by Gasteiger charge is -2.08. The number of rotatable bonds is 4. The Labute approximate surface area is 122 Å². The van der Waals surface area contributed by atoms with Crippen molar-refractivity contribution >= 4 is 5.69 Å². The van der Waals surface area contributed by atoms with Crippen molar-refractivity contribution in [1.29, 1.82) is 0 Å². The second-order valence-corrected chi connectivity index (χ2v) is 4.73. The second kappa shape index (κ2) is 5.62. The summed E-state index contributed by atoms with van der Waals surface area (Å²) in [6.07, 6.45) is 0. The molecule has 106 valence electrons. The number of tetrazole rings is 1. The van der Waals surface area contributed by atoms with Gasteiger partial charge in [-0.3, -0.25) is 0 Å². The Balaban J connectivity index is 1.76. The number of hydrogen-bond donors (Lipinski definition) is 2. The Morgan fingerprint density at radius 1 is 1.14 bits per heavy atom. The molecule has 6 heteroatoms. The van der Waals surface area contributed by atoms with Crippen LogP contribution >= 0.6 is 0 Å². The van der Waals surface area contributed by atoms with Crippen LogP contribution in [0, 0.1) is 0 Å². The zero-order chi connectivity index (χ0) is 14.7. The molecule has 0 amide bonds. The van der Waals surface area contributed by atoms with Crippen molar-refractivity contribution in [2.75, 3.05) is 5.32 Å². The molecule has 1 heterocycles. The van der Waals surface area contributed by atoms with Crippen LogP contribution < -0.4 is 5.32 Å². The van der Waals surface area contributed by atoms with E-state index in [1.54, 1.807) is 16.8 Å². The lowest BCUT2D eigenvalue weighted by molar-refractivity contribution is 0.474. The van der Waals surface area contributed by atoms with Gasteiger partial charge in [0.1, 0.15) is 5.75 Å². The van der Waals surface area contributed by atoms with Gasteiger partial charge in [-0.05, 0) is 40.3 Å². The number of phenolic OH excluding ortho intramolecular Hbond substituents is 1. The minimum atomic E-state index is 0.271. The SMILES string of the molecule is Cn1nnnc1-c1cccc(NCc2cccc(O)c2)c1. The quantitative estimate of drug-likeness (QED) is 0.766. The first kappa shape index (κ1) is 13.1. The highest BCUT2D eigenvalue weighted by Crippen LogP contribution is 2.20. The van der Waals surface area contributed by atoms with Crippen LogP contribution in [-0.2, 0) is 13.6 Å². The molecule has 21 heavy (non-hydrogen) atoms. The van der Waals surface area contributed by atoms with E-state index >= 15 is 0 Å². The molecule has 0 saturated carbocycles. The molecule has 0 aliphatic rings. The highest BCUT2D eigenvalue weighted by molar-refractivity contribution is 5.62. The third-order valence-corrected chi connectivity index (χ3v) is 3.15. The molecule has 1 aromatic heterocycles. The first-order valence-corrected chi connectivity index (χ1v) is 6.57. The van der Waals surface area contributed by atoms with Gasteiger partial charge in [0.05, 0.1) is 0 Å². The second-order valence-electron chi connectivity index (χ2n) is 4.73. The van der Waals surface area contributed by atoms with Crippen LogP contribution in [0.1, 0.15) is 5.56 Å². The number of nitrogens with one attached hydrogen (secondary N) is 1. The summed E-state index contributed by atoms with van der Waals surface area (Å²) in [7, 11) is 1.81. The number of benzene rings is 2. The van der Waals surface area contributed by atoms with E-state index < -0.39 is 0 Å². The smallest absolute Gasteiger partial charge is 0.181 e. The summed E-state index contributed by atoms with van der Waals surface area (Å²) in [5.74, 6) is 0.990. The molecule has 0 unspecified atom stereocenters. The largest absolute Gasteiger partial charge is 0.508 e. The van der Waals surface area contributed by atoms with Crippen LogP contribution in [0.15, 0.2) is 48.5 Å². The first-order valence-electron chi connectivity index (χ1n) is 6.57. The fraction of sp³-hybridized carbons (Fsp3) is 0.133. The predicted molar refractivity (Wildman–Crippen MR) is 79.7 cm³/mol. The maximum Gasteiger partial charge on any atom is 0.181 e. The van der Waals surface area contributed by atoms with Gasteiger partial charge in [0.25, 0.3) is 0 Å². The van der Waals surface area contributed by atoms with E-state index in [1.165, 1.54) is 0 Å². The van der Waals surface area contributed by atoms with E-state index in [1.807, 2.05) is 43.4 Å². The Morgan fingerprint density at radius 2 is 2.00 bits per heavy atom. The molecule has 0 saturated heterocycles. The normalized spacial score (nSPS) is 10.5. The van der Waals surface area contributed by atoms with Gasteiger partial charge in [-0.1, -0.05) is 24.3 Å². The van der Waals surface area contributed by atoms with Gasteiger partial charge in [0.2, 0.25) is 0 Å². The molecule has 0 fully saturated rings. The number of hydrogen-bond acceptors (Lipinski definition) is 5. The molecular formula is C15H15N5O. The zero-order valence-corrected chi connectivity index (χ0v) is 11.6. The van der Waals surface area contributed by atoms with Gasteiger partial charge < -0.3 is 10.4 Å². The molecule has 0 radical (unpaired) electrons. The van der Waals surface area contributed by atoms with Crippen LogP contribution in [-0.4, -0.2) is 25.3 Å². The highest BCUT2D eigenvalue weighted by Gasteiger charge is 2.06. The fourth-order valence-corrected chi connectivity index (χ4v) is 2.11. The number of phenols is 1. The Hall–Kier alpha value is -2.89. The van der Waals surface area contributed by atoms with E-state index in [-0.39, 0.29) is 5.75 Å². The number of aromatic hydroxyl groups is 1. The standard InChI is InChI=1S/C15H15N5O/c1-20-15(17-18-19-20)12-5-3-6-13(9-12)16-10-11-4-2-7-14(21)8-11/h2-9,16,21H,10H2,1H3. The van der Waals surface area contributed by atoms with Crippen molar-refractivity contribution in [2.45, 2.75) is 6.54 Å². The molecule has 6 nitrogen and oxygen atoms in total. The minimum Gasteiger partial charge on any atom is -0.508 e. The monoisotopic (exact) mass is 281 g/mol. The minimum absolute atomic E-state index is 0.271. The Bertz CT molecular complexity index is 753. The molecule has 0 aliphatic heterocycles. The zero-order valence-electron chi connectivity index (χ0n) is 11.6. The fourth-order valence-electron chi connectivity index (χ4n) is 2.11. The van der Waals surface area contributed by atoms with Crippen LogP contribution in [0.5, 0.6) is 5.75 Å². The molecule has 0 bridgehead atoms. The van der Waals surface area contributed by atoms with Crippen molar-refractivity contribution in [3.63, 3.8) is 0 Å². The third-order valence-electron chi connectivity index (χ3n) is 3.15. The summed E-state index contributed by atoms with van der Waals surface area (Å²) >= 11 is 0. The topological polar surface area (TPSA) is 75.9 Å². The van der Waals surface area contributed by atoms with E-state index in [2.05, 4.69) is 20.8 Å². The predicted octanol–water partition coefficient (Wildman–Crippen LogP) is 2.19. The molecular weight excluding hydrogens is 266 g/mol. The third kappa shape index (κ3) is 3.00. The van der Waals surface area contributed by atoms with Crippen molar-refractivity contribution < 1.29 is 5.11 Å². The number of nitrogens with zero attached hydrogens (tertiary/aromatic N) is 4. The van der Waals surface area contributed by atoms with Crippen LogP contribution in [0.3, 0.4) is 0 Å². The average molecular weight is 281 g/mol. The Morgan fingerprint density at radius 3 is 2.76 bits per heavy atom. The molecule has 2 N–H and O–H groups in total. The lowest BCUT2D eigenvalue weighted by atomic mass is 10.1.